The summed E-state index contributed by atoms with van der Waals surface area (Å²) >= 11 is 0. The molecule has 0 radical (unpaired) electrons. The molecule has 0 amide bonds. The van der Waals surface area contributed by atoms with E-state index in [0.29, 0.717) is 17.1 Å². The Morgan fingerprint density at radius 2 is 1.58 bits per heavy atom. The first-order valence-corrected chi connectivity index (χ1v) is 12.9. The van der Waals surface area contributed by atoms with Crippen molar-refractivity contribution in [2.45, 2.75) is 82.2 Å². The third-order valence-electron chi connectivity index (χ3n) is 8.53. The molecule has 2 aliphatic carbocycles. The van der Waals surface area contributed by atoms with E-state index in [1.807, 2.05) is 40.4 Å². The molecule has 2 aromatic heterocycles. The molecule has 33 heavy (non-hydrogen) atoms. The molecule has 1 aromatic carbocycles. The Bertz CT molecular complexity index is 1310. The fourth-order valence-electron chi connectivity index (χ4n) is 6.81. The molecule has 3 fully saturated rings. The molecule has 174 valence electrons. The second-order valence-corrected chi connectivity index (χ2v) is 10.5. The van der Waals surface area contributed by atoms with Crippen LogP contribution in [0, 0.1) is 0 Å². The lowest BCUT2D eigenvalue weighted by molar-refractivity contribution is 0.145. The maximum Gasteiger partial charge on any atom is 0.267 e. The normalized spacial score (nSPS) is 23.2. The molecule has 2 saturated carbocycles. The maximum atomic E-state index is 14.0. The van der Waals surface area contributed by atoms with Gasteiger partial charge < -0.3 is 4.57 Å². The number of aryl methyl sites for hydroxylation is 1. The SMILES string of the molecule is Cn1c2ccccc2c(=O)c2c(=O)n(C3CCCC3)c(C3CCCN(C4CCCC4)C3)nc21. The van der Waals surface area contributed by atoms with Gasteiger partial charge in [0.15, 0.2) is 5.65 Å². The number of rotatable bonds is 3. The molecule has 6 rings (SSSR count). The minimum Gasteiger partial charge on any atom is -0.328 e. The van der Waals surface area contributed by atoms with Crippen molar-refractivity contribution in [1.82, 2.24) is 19.0 Å². The largest absolute Gasteiger partial charge is 0.328 e. The van der Waals surface area contributed by atoms with E-state index in [0.717, 1.165) is 63.0 Å². The number of nitrogens with zero attached hydrogens (tertiary/aromatic N) is 4. The quantitative estimate of drug-likeness (QED) is 0.557. The monoisotopic (exact) mass is 446 g/mol. The van der Waals surface area contributed by atoms with Crippen LogP contribution >= 0.6 is 0 Å². The van der Waals surface area contributed by atoms with E-state index in [4.69, 9.17) is 4.98 Å². The molecule has 3 heterocycles. The molecule has 3 aromatic rings. The molecule has 0 spiro atoms. The number of pyridine rings is 1. The summed E-state index contributed by atoms with van der Waals surface area (Å²) in [5.41, 5.74) is 1.09. The van der Waals surface area contributed by atoms with Crippen LogP contribution < -0.4 is 11.0 Å². The number of likely N-dealkylation sites (tertiary alicyclic amines) is 1. The third-order valence-corrected chi connectivity index (χ3v) is 8.53. The van der Waals surface area contributed by atoms with E-state index in [1.165, 1.54) is 25.7 Å². The first-order chi connectivity index (χ1) is 16.1. The predicted molar refractivity (Wildman–Crippen MR) is 132 cm³/mol. The van der Waals surface area contributed by atoms with Crippen LogP contribution in [0.4, 0.5) is 0 Å². The van der Waals surface area contributed by atoms with Gasteiger partial charge in [0, 0.05) is 37.0 Å². The molecule has 0 N–H and O–H groups in total. The van der Waals surface area contributed by atoms with E-state index in [-0.39, 0.29) is 28.3 Å². The van der Waals surface area contributed by atoms with E-state index in [2.05, 4.69) is 4.90 Å². The average molecular weight is 447 g/mol. The topological polar surface area (TPSA) is 60.1 Å². The first kappa shape index (κ1) is 21.1. The Kier molecular flexibility index (Phi) is 5.36. The summed E-state index contributed by atoms with van der Waals surface area (Å²) in [6.07, 6.45) is 11.8. The van der Waals surface area contributed by atoms with Crippen LogP contribution in [0.3, 0.4) is 0 Å². The molecule has 6 nitrogen and oxygen atoms in total. The maximum absolute atomic E-state index is 14.0. The van der Waals surface area contributed by atoms with Crippen molar-refractivity contribution >= 4 is 21.9 Å². The van der Waals surface area contributed by atoms with Crippen LogP contribution in [0.25, 0.3) is 21.9 Å². The minimum atomic E-state index is -0.175. The number of hydrogen-bond donors (Lipinski definition) is 0. The second kappa shape index (κ2) is 8.39. The van der Waals surface area contributed by atoms with Crippen molar-refractivity contribution in [2.75, 3.05) is 13.1 Å². The number of aromatic nitrogens is 3. The summed E-state index contributed by atoms with van der Waals surface area (Å²) in [5, 5.41) is 0.859. The summed E-state index contributed by atoms with van der Waals surface area (Å²) in [6, 6.07) is 8.44. The zero-order chi connectivity index (χ0) is 22.5. The Labute approximate surface area is 194 Å². The van der Waals surface area contributed by atoms with Gasteiger partial charge in [-0.3, -0.25) is 19.1 Å². The fraction of sp³-hybridized carbons (Fsp3) is 0.593. The molecule has 3 aliphatic rings. The van der Waals surface area contributed by atoms with E-state index < -0.39 is 0 Å². The van der Waals surface area contributed by atoms with Gasteiger partial charge in [0.2, 0.25) is 5.43 Å². The standard InChI is InChI=1S/C27H34N4O2/c1-29-22-15-7-6-14-21(22)24(32)23-26(29)28-25(31(27(23)33)20-12-4-5-13-20)18-9-8-16-30(17-18)19-10-2-3-11-19/h6-7,14-15,18-20H,2-5,8-13,16-17H2,1H3. The summed E-state index contributed by atoms with van der Waals surface area (Å²) < 4.78 is 3.92. The van der Waals surface area contributed by atoms with Crippen molar-refractivity contribution in [1.29, 1.82) is 0 Å². The molecule has 0 bridgehead atoms. The van der Waals surface area contributed by atoms with Crippen molar-refractivity contribution in [3.63, 3.8) is 0 Å². The smallest absolute Gasteiger partial charge is 0.267 e. The van der Waals surface area contributed by atoms with Crippen LogP contribution in [0.1, 0.15) is 82.0 Å². The number of piperidine rings is 1. The van der Waals surface area contributed by atoms with Crippen LogP contribution in [-0.2, 0) is 7.05 Å². The van der Waals surface area contributed by atoms with Gasteiger partial charge in [0.1, 0.15) is 11.2 Å². The van der Waals surface area contributed by atoms with Gasteiger partial charge >= 0.3 is 0 Å². The van der Waals surface area contributed by atoms with Crippen LogP contribution in [0.15, 0.2) is 33.9 Å². The van der Waals surface area contributed by atoms with Crippen molar-refractivity contribution in [2.24, 2.45) is 7.05 Å². The first-order valence-electron chi connectivity index (χ1n) is 12.9. The highest BCUT2D eigenvalue weighted by atomic mass is 16.1. The summed E-state index contributed by atoms with van der Waals surface area (Å²) in [4.78, 5) is 35.3. The van der Waals surface area contributed by atoms with Gasteiger partial charge in [-0.05, 0) is 57.2 Å². The summed E-state index contributed by atoms with van der Waals surface area (Å²) in [6.45, 7) is 2.14. The molecule has 1 aliphatic heterocycles. The Balaban J connectivity index is 1.56. The molecular weight excluding hydrogens is 412 g/mol. The van der Waals surface area contributed by atoms with Crippen LogP contribution in [0.5, 0.6) is 0 Å². The molecule has 6 heteroatoms. The zero-order valence-corrected chi connectivity index (χ0v) is 19.6. The second-order valence-electron chi connectivity index (χ2n) is 10.5. The highest BCUT2D eigenvalue weighted by Gasteiger charge is 2.33. The Hall–Kier alpha value is -2.47. The van der Waals surface area contributed by atoms with E-state index in [1.54, 1.807) is 0 Å². The molecular formula is C27H34N4O2. The lowest BCUT2D eigenvalue weighted by Gasteiger charge is -2.37. The number of fused-ring (bicyclic) bond motifs is 2. The van der Waals surface area contributed by atoms with Crippen molar-refractivity contribution in [3.8, 4) is 0 Å². The van der Waals surface area contributed by atoms with Gasteiger partial charge in [-0.25, -0.2) is 4.98 Å². The van der Waals surface area contributed by atoms with Gasteiger partial charge in [0.25, 0.3) is 5.56 Å². The summed E-state index contributed by atoms with van der Waals surface area (Å²) in [5.74, 6) is 1.17. The van der Waals surface area contributed by atoms with Crippen LogP contribution in [-0.4, -0.2) is 38.1 Å². The number of para-hydroxylation sites is 1. The van der Waals surface area contributed by atoms with Gasteiger partial charge in [-0.2, -0.15) is 0 Å². The lowest BCUT2D eigenvalue weighted by Crippen LogP contribution is -2.43. The average Bonchev–Trinajstić information content (AvgIpc) is 3.57. The number of hydrogen-bond acceptors (Lipinski definition) is 4. The van der Waals surface area contributed by atoms with E-state index in [9.17, 15) is 9.59 Å². The Morgan fingerprint density at radius 3 is 2.33 bits per heavy atom. The minimum absolute atomic E-state index is 0.119. The van der Waals surface area contributed by atoms with E-state index >= 15 is 0 Å². The van der Waals surface area contributed by atoms with Gasteiger partial charge in [-0.1, -0.05) is 37.8 Å². The summed E-state index contributed by atoms with van der Waals surface area (Å²) in [7, 11) is 1.94. The van der Waals surface area contributed by atoms with Gasteiger partial charge in [-0.15, -0.1) is 0 Å². The van der Waals surface area contributed by atoms with Crippen LogP contribution in [0.2, 0.25) is 0 Å². The highest BCUT2D eigenvalue weighted by Crippen LogP contribution is 2.35. The highest BCUT2D eigenvalue weighted by molar-refractivity contribution is 5.91. The number of benzene rings is 1. The lowest BCUT2D eigenvalue weighted by atomic mass is 9.94. The molecule has 1 atom stereocenters. The van der Waals surface area contributed by atoms with Gasteiger partial charge in [0.05, 0.1) is 5.52 Å². The third kappa shape index (κ3) is 3.45. The van der Waals surface area contributed by atoms with Crippen molar-refractivity contribution < 1.29 is 0 Å². The predicted octanol–water partition coefficient (Wildman–Crippen LogP) is 4.49. The van der Waals surface area contributed by atoms with Crippen molar-refractivity contribution in [3.05, 3.63) is 50.7 Å². The zero-order valence-electron chi connectivity index (χ0n) is 19.6. The molecule has 1 unspecified atom stereocenters. The fourth-order valence-corrected chi connectivity index (χ4v) is 6.81. The molecule has 1 saturated heterocycles. The Morgan fingerprint density at radius 1 is 0.879 bits per heavy atom.